The van der Waals surface area contributed by atoms with Crippen LogP contribution in [0.1, 0.15) is 33.6 Å². The molecule has 1 rings (SSSR count). The molecule has 0 aromatic rings. The van der Waals surface area contributed by atoms with Crippen molar-refractivity contribution >= 4 is 5.78 Å². The van der Waals surface area contributed by atoms with E-state index in [1.165, 1.54) is 0 Å². The number of ketones is 1. The Balaban J connectivity index is 2.62. The molecule has 1 aliphatic rings. The third kappa shape index (κ3) is 2.01. The molecule has 1 nitrogen and oxygen atoms in total. The number of Topliss-reactive ketones (excluding diaryl/α,β-unsaturated/α-hetero) is 1. The molecule has 1 saturated carbocycles. The van der Waals surface area contributed by atoms with Crippen molar-refractivity contribution in [2.45, 2.75) is 45.5 Å². The van der Waals surface area contributed by atoms with Gasteiger partial charge in [0.1, 0.15) is 5.78 Å². The van der Waals surface area contributed by atoms with Crippen molar-refractivity contribution in [3.8, 4) is 0 Å². The Labute approximate surface area is 85.8 Å². The predicted molar refractivity (Wildman–Crippen MR) is 47.1 cm³/mol. The zero-order chi connectivity index (χ0) is 12.1. The van der Waals surface area contributed by atoms with Crippen LogP contribution >= 0.6 is 0 Å². The molecule has 1 unspecified atom stereocenters. The SMILES string of the molecule is CC(C)(C)C(=O)CC1CC(F)(F)C1(F)F. The van der Waals surface area contributed by atoms with Crippen LogP contribution in [-0.4, -0.2) is 17.6 Å². The minimum absolute atomic E-state index is 0.400. The topological polar surface area (TPSA) is 17.1 Å². The molecule has 0 amide bonds. The molecule has 1 fully saturated rings. The van der Waals surface area contributed by atoms with Crippen molar-refractivity contribution < 1.29 is 22.4 Å². The van der Waals surface area contributed by atoms with Crippen LogP contribution in [0.2, 0.25) is 0 Å². The highest BCUT2D eigenvalue weighted by molar-refractivity contribution is 5.84. The van der Waals surface area contributed by atoms with E-state index in [0.717, 1.165) is 0 Å². The van der Waals surface area contributed by atoms with Gasteiger partial charge in [0.15, 0.2) is 0 Å². The smallest absolute Gasteiger partial charge is 0.299 e. The molecule has 0 aromatic carbocycles. The lowest BCUT2D eigenvalue weighted by atomic mass is 9.71. The summed E-state index contributed by atoms with van der Waals surface area (Å²) in [5, 5.41) is 0. The van der Waals surface area contributed by atoms with Gasteiger partial charge in [0.2, 0.25) is 0 Å². The fourth-order valence-electron chi connectivity index (χ4n) is 1.47. The molecule has 0 heterocycles. The molecule has 0 N–H and O–H groups in total. The molecule has 0 aromatic heterocycles. The van der Waals surface area contributed by atoms with E-state index in [0.29, 0.717) is 0 Å². The van der Waals surface area contributed by atoms with Crippen LogP contribution < -0.4 is 0 Å². The van der Waals surface area contributed by atoms with Crippen LogP contribution in [-0.2, 0) is 4.79 Å². The first-order valence-electron chi connectivity index (χ1n) is 4.77. The van der Waals surface area contributed by atoms with Gasteiger partial charge < -0.3 is 0 Å². The van der Waals surface area contributed by atoms with E-state index in [-0.39, 0.29) is 0 Å². The van der Waals surface area contributed by atoms with Gasteiger partial charge in [-0.05, 0) is 0 Å². The first-order chi connectivity index (χ1) is 6.48. The Bertz CT molecular complexity index is 278. The van der Waals surface area contributed by atoms with E-state index in [2.05, 4.69) is 0 Å². The van der Waals surface area contributed by atoms with E-state index in [1.807, 2.05) is 0 Å². The maximum atomic E-state index is 12.8. The molecule has 1 aliphatic carbocycles. The highest BCUT2D eigenvalue weighted by Crippen LogP contribution is 2.56. The molecule has 88 valence electrons. The quantitative estimate of drug-likeness (QED) is 0.660. The summed E-state index contributed by atoms with van der Waals surface area (Å²) in [7, 11) is 0. The minimum Gasteiger partial charge on any atom is -0.299 e. The van der Waals surface area contributed by atoms with Crippen molar-refractivity contribution in [2.75, 3.05) is 0 Å². The molecular weight excluding hydrogens is 212 g/mol. The lowest BCUT2D eigenvalue weighted by Crippen LogP contribution is -2.59. The predicted octanol–water partition coefficient (Wildman–Crippen LogP) is 3.28. The summed E-state index contributed by atoms with van der Waals surface area (Å²) in [4.78, 5) is 11.4. The molecule has 0 saturated heterocycles. The van der Waals surface area contributed by atoms with Crippen molar-refractivity contribution in [1.29, 1.82) is 0 Å². The fourth-order valence-corrected chi connectivity index (χ4v) is 1.47. The van der Waals surface area contributed by atoms with Crippen LogP contribution in [0.5, 0.6) is 0 Å². The van der Waals surface area contributed by atoms with E-state index in [1.54, 1.807) is 20.8 Å². The number of hydrogen-bond acceptors (Lipinski definition) is 1. The average Bonchev–Trinajstić information content (AvgIpc) is 2.01. The Hall–Kier alpha value is -0.610. The van der Waals surface area contributed by atoms with Gasteiger partial charge in [-0.1, -0.05) is 20.8 Å². The van der Waals surface area contributed by atoms with Crippen molar-refractivity contribution in [3.05, 3.63) is 0 Å². The Kier molecular flexibility index (Phi) is 2.65. The second-order valence-corrected chi connectivity index (χ2v) is 5.11. The van der Waals surface area contributed by atoms with E-state index in [4.69, 9.17) is 0 Å². The first-order valence-corrected chi connectivity index (χ1v) is 4.77. The Morgan fingerprint density at radius 1 is 1.27 bits per heavy atom. The average molecular weight is 226 g/mol. The fraction of sp³-hybridized carbons (Fsp3) is 0.900. The maximum absolute atomic E-state index is 12.8. The van der Waals surface area contributed by atoms with Crippen molar-refractivity contribution in [2.24, 2.45) is 11.3 Å². The third-order valence-electron chi connectivity index (χ3n) is 2.77. The number of carbonyl (C=O) groups excluding carboxylic acids is 1. The van der Waals surface area contributed by atoms with Gasteiger partial charge in [-0.15, -0.1) is 0 Å². The van der Waals surface area contributed by atoms with Crippen molar-refractivity contribution in [3.63, 3.8) is 0 Å². The second kappa shape index (κ2) is 3.19. The molecule has 15 heavy (non-hydrogen) atoms. The number of rotatable bonds is 2. The van der Waals surface area contributed by atoms with Gasteiger partial charge in [-0.25, -0.2) is 0 Å². The van der Waals surface area contributed by atoms with Crippen LogP contribution in [0, 0.1) is 11.3 Å². The molecule has 1 atom stereocenters. The van der Waals surface area contributed by atoms with Gasteiger partial charge >= 0.3 is 11.8 Å². The lowest BCUT2D eigenvalue weighted by molar-refractivity contribution is -0.313. The molecule has 0 radical (unpaired) electrons. The first kappa shape index (κ1) is 12.5. The van der Waals surface area contributed by atoms with Gasteiger partial charge in [0, 0.05) is 24.2 Å². The van der Waals surface area contributed by atoms with Gasteiger partial charge in [0.05, 0.1) is 0 Å². The standard InChI is InChI=1S/C10H14F4O/c1-8(2,3)7(15)4-6-5-9(11,12)10(6,13)14/h6H,4-5H2,1-3H3. The van der Waals surface area contributed by atoms with Crippen LogP contribution in [0.15, 0.2) is 0 Å². The number of halogens is 4. The van der Waals surface area contributed by atoms with E-state index < -0.39 is 41.8 Å². The molecular formula is C10H14F4O. The third-order valence-corrected chi connectivity index (χ3v) is 2.77. The van der Waals surface area contributed by atoms with Crippen LogP contribution in [0.4, 0.5) is 17.6 Å². The van der Waals surface area contributed by atoms with E-state index >= 15 is 0 Å². The maximum Gasteiger partial charge on any atom is 0.313 e. The van der Waals surface area contributed by atoms with Gasteiger partial charge in [-0.3, -0.25) is 4.79 Å². The molecule has 5 heteroatoms. The zero-order valence-electron chi connectivity index (χ0n) is 8.91. The summed E-state index contributed by atoms with van der Waals surface area (Å²) >= 11 is 0. The highest BCUT2D eigenvalue weighted by Gasteiger charge is 2.71. The van der Waals surface area contributed by atoms with Gasteiger partial charge in [-0.2, -0.15) is 17.6 Å². The summed E-state index contributed by atoms with van der Waals surface area (Å²) in [6.07, 6.45) is -1.35. The second-order valence-electron chi connectivity index (χ2n) is 5.11. The van der Waals surface area contributed by atoms with Crippen LogP contribution in [0.3, 0.4) is 0 Å². The largest absolute Gasteiger partial charge is 0.313 e. The zero-order valence-corrected chi connectivity index (χ0v) is 8.91. The monoisotopic (exact) mass is 226 g/mol. The minimum atomic E-state index is -4.02. The molecule has 0 aliphatic heterocycles. The number of alkyl halides is 4. The number of hydrogen-bond donors (Lipinski definition) is 0. The summed E-state index contributed by atoms with van der Waals surface area (Å²) in [5.74, 6) is -9.86. The van der Waals surface area contributed by atoms with E-state index in [9.17, 15) is 22.4 Å². The Morgan fingerprint density at radius 2 is 1.73 bits per heavy atom. The molecule has 0 bridgehead atoms. The molecule has 0 spiro atoms. The normalized spacial score (nSPS) is 28.3. The summed E-state index contributed by atoms with van der Waals surface area (Å²) in [5.41, 5.74) is -0.749. The van der Waals surface area contributed by atoms with Crippen LogP contribution in [0.25, 0.3) is 0 Å². The highest BCUT2D eigenvalue weighted by atomic mass is 19.3. The Morgan fingerprint density at radius 3 is 2.00 bits per heavy atom. The summed E-state index contributed by atoms with van der Waals surface area (Å²) < 4.78 is 50.6. The number of carbonyl (C=O) groups is 1. The van der Waals surface area contributed by atoms with Crippen molar-refractivity contribution in [1.82, 2.24) is 0 Å². The lowest BCUT2D eigenvalue weighted by Gasteiger charge is -2.44. The summed E-state index contributed by atoms with van der Waals surface area (Å²) in [6.45, 7) is 4.76. The van der Waals surface area contributed by atoms with Gasteiger partial charge in [0.25, 0.3) is 0 Å². The summed E-state index contributed by atoms with van der Waals surface area (Å²) in [6, 6.07) is 0.